The highest BCUT2D eigenvalue weighted by atomic mass is 32.2. The van der Waals surface area contributed by atoms with Crippen LogP contribution in [0, 0.1) is 5.92 Å². The van der Waals surface area contributed by atoms with Gasteiger partial charge >= 0.3 is 6.03 Å². The second-order valence-corrected chi connectivity index (χ2v) is 8.29. The van der Waals surface area contributed by atoms with Crippen molar-refractivity contribution in [3.8, 4) is 0 Å². The molecule has 2 N–H and O–H groups in total. The van der Waals surface area contributed by atoms with Crippen molar-refractivity contribution in [3.05, 3.63) is 36.4 Å². The molecule has 1 aliphatic heterocycles. The maximum absolute atomic E-state index is 12.0. The van der Waals surface area contributed by atoms with Crippen LogP contribution in [0.2, 0.25) is 0 Å². The number of carbonyl (C=O) groups excluding carboxylic acids is 1. The molecule has 1 heterocycles. The van der Waals surface area contributed by atoms with Crippen molar-refractivity contribution in [3.63, 3.8) is 0 Å². The van der Waals surface area contributed by atoms with E-state index in [-0.39, 0.29) is 11.8 Å². The molecule has 1 aliphatic carbocycles. The van der Waals surface area contributed by atoms with Gasteiger partial charge in [0.1, 0.15) is 0 Å². The number of nitrogens with zero attached hydrogens (tertiary/aromatic N) is 1. The SMILES string of the molecule is O=C(NC[C@@H]1CC=CCC1)Nc1ccc(N2CCCS2(=O)=O)cc1. The molecule has 0 unspecified atom stereocenters. The number of hydrogen-bond donors (Lipinski definition) is 2. The summed E-state index contributed by atoms with van der Waals surface area (Å²) < 4.78 is 25.2. The lowest BCUT2D eigenvalue weighted by molar-refractivity contribution is 0.249. The Hall–Kier alpha value is -2.02. The van der Waals surface area contributed by atoms with E-state index in [2.05, 4.69) is 22.8 Å². The topological polar surface area (TPSA) is 78.5 Å². The van der Waals surface area contributed by atoms with Crippen LogP contribution in [0.4, 0.5) is 16.2 Å². The molecule has 24 heavy (non-hydrogen) atoms. The van der Waals surface area contributed by atoms with Gasteiger partial charge in [-0.2, -0.15) is 0 Å². The van der Waals surface area contributed by atoms with Gasteiger partial charge in [0.05, 0.1) is 11.4 Å². The monoisotopic (exact) mass is 349 g/mol. The fourth-order valence-electron chi connectivity index (χ4n) is 3.09. The van der Waals surface area contributed by atoms with Gasteiger partial charge in [0.2, 0.25) is 10.0 Å². The molecule has 1 fully saturated rings. The van der Waals surface area contributed by atoms with Crippen molar-refractivity contribution in [2.75, 3.05) is 28.5 Å². The van der Waals surface area contributed by atoms with E-state index in [9.17, 15) is 13.2 Å². The van der Waals surface area contributed by atoms with Crippen LogP contribution >= 0.6 is 0 Å². The molecule has 0 bridgehead atoms. The first-order valence-corrected chi connectivity index (χ1v) is 9.96. The first-order chi connectivity index (χ1) is 11.5. The van der Waals surface area contributed by atoms with Crippen LogP contribution in [0.1, 0.15) is 25.7 Å². The third kappa shape index (κ3) is 4.08. The Labute approximate surface area is 143 Å². The highest BCUT2D eigenvalue weighted by Gasteiger charge is 2.28. The lowest BCUT2D eigenvalue weighted by Crippen LogP contribution is -2.33. The molecule has 2 aliphatic rings. The third-order valence-corrected chi connectivity index (χ3v) is 6.31. The van der Waals surface area contributed by atoms with E-state index in [1.165, 1.54) is 4.31 Å². The third-order valence-electron chi connectivity index (χ3n) is 4.44. The fraction of sp³-hybridized carbons (Fsp3) is 0.471. The Morgan fingerprint density at radius 2 is 2.00 bits per heavy atom. The van der Waals surface area contributed by atoms with E-state index in [0.717, 1.165) is 19.3 Å². The summed E-state index contributed by atoms with van der Waals surface area (Å²) in [6.45, 7) is 1.19. The Kier molecular flexibility index (Phi) is 5.08. The quantitative estimate of drug-likeness (QED) is 0.821. The van der Waals surface area contributed by atoms with Gasteiger partial charge in [-0.1, -0.05) is 12.2 Å². The molecule has 1 aromatic rings. The van der Waals surface area contributed by atoms with Gasteiger partial charge in [0.25, 0.3) is 0 Å². The van der Waals surface area contributed by atoms with Gasteiger partial charge in [-0.3, -0.25) is 4.31 Å². The van der Waals surface area contributed by atoms with Crippen molar-refractivity contribution in [1.82, 2.24) is 5.32 Å². The molecular weight excluding hydrogens is 326 g/mol. The first-order valence-electron chi connectivity index (χ1n) is 8.35. The number of anilines is 2. The normalized spacial score (nSPS) is 22.3. The van der Waals surface area contributed by atoms with Crippen molar-refractivity contribution in [2.24, 2.45) is 5.92 Å². The Bertz CT molecular complexity index is 713. The summed E-state index contributed by atoms with van der Waals surface area (Å²) in [5.41, 5.74) is 1.30. The molecule has 7 heteroatoms. The van der Waals surface area contributed by atoms with Gasteiger partial charge < -0.3 is 10.6 Å². The molecule has 1 atom stereocenters. The van der Waals surface area contributed by atoms with E-state index < -0.39 is 10.0 Å². The fourth-order valence-corrected chi connectivity index (χ4v) is 4.66. The van der Waals surface area contributed by atoms with E-state index >= 15 is 0 Å². The highest BCUT2D eigenvalue weighted by Crippen LogP contribution is 2.25. The maximum Gasteiger partial charge on any atom is 0.319 e. The minimum absolute atomic E-state index is 0.200. The van der Waals surface area contributed by atoms with Crippen molar-refractivity contribution in [1.29, 1.82) is 0 Å². The summed E-state index contributed by atoms with van der Waals surface area (Å²) in [6.07, 6.45) is 8.20. The van der Waals surface area contributed by atoms with Crippen LogP contribution in [-0.4, -0.2) is 33.3 Å². The second-order valence-electron chi connectivity index (χ2n) is 6.27. The van der Waals surface area contributed by atoms with Gasteiger partial charge in [-0.05, 0) is 55.9 Å². The number of urea groups is 1. The van der Waals surface area contributed by atoms with Crippen LogP contribution in [0.3, 0.4) is 0 Å². The van der Waals surface area contributed by atoms with Crippen molar-refractivity contribution < 1.29 is 13.2 Å². The molecule has 0 radical (unpaired) electrons. The molecule has 0 spiro atoms. The summed E-state index contributed by atoms with van der Waals surface area (Å²) in [4.78, 5) is 12.0. The van der Waals surface area contributed by atoms with Crippen LogP contribution in [0.5, 0.6) is 0 Å². The van der Waals surface area contributed by atoms with Crippen LogP contribution in [0.25, 0.3) is 0 Å². The first kappa shape index (κ1) is 16.8. The minimum Gasteiger partial charge on any atom is -0.338 e. The summed E-state index contributed by atoms with van der Waals surface area (Å²) in [5.74, 6) is 0.703. The van der Waals surface area contributed by atoms with E-state index in [1.807, 2.05) is 0 Å². The average molecular weight is 349 g/mol. The Morgan fingerprint density at radius 1 is 1.21 bits per heavy atom. The zero-order chi connectivity index (χ0) is 17.0. The highest BCUT2D eigenvalue weighted by molar-refractivity contribution is 7.93. The Morgan fingerprint density at radius 3 is 2.62 bits per heavy atom. The number of allylic oxidation sites excluding steroid dienone is 2. The lowest BCUT2D eigenvalue weighted by Gasteiger charge is -2.19. The maximum atomic E-state index is 12.0. The van der Waals surface area contributed by atoms with E-state index in [4.69, 9.17) is 0 Å². The zero-order valence-electron chi connectivity index (χ0n) is 13.6. The molecular formula is C17H23N3O3S. The van der Waals surface area contributed by atoms with Gasteiger partial charge in [-0.25, -0.2) is 13.2 Å². The summed E-state index contributed by atoms with van der Waals surface area (Å²) in [5, 5.41) is 5.68. The largest absolute Gasteiger partial charge is 0.338 e. The average Bonchev–Trinajstić information content (AvgIpc) is 2.94. The molecule has 130 valence electrons. The van der Waals surface area contributed by atoms with E-state index in [1.54, 1.807) is 24.3 Å². The number of benzene rings is 1. The number of nitrogens with one attached hydrogen (secondary N) is 2. The van der Waals surface area contributed by atoms with E-state index in [0.29, 0.717) is 36.8 Å². The van der Waals surface area contributed by atoms with Crippen LogP contribution in [0.15, 0.2) is 36.4 Å². The Balaban J connectivity index is 1.52. The minimum atomic E-state index is -3.17. The molecule has 0 aromatic heterocycles. The van der Waals surface area contributed by atoms with Gasteiger partial charge in [-0.15, -0.1) is 0 Å². The molecule has 2 amide bonds. The zero-order valence-corrected chi connectivity index (χ0v) is 14.4. The lowest BCUT2D eigenvalue weighted by atomic mass is 9.94. The van der Waals surface area contributed by atoms with Gasteiger partial charge in [0, 0.05) is 18.8 Å². The van der Waals surface area contributed by atoms with Crippen molar-refractivity contribution in [2.45, 2.75) is 25.7 Å². The number of amides is 2. The van der Waals surface area contributed by atoms with Crippen LogP contribution < -0.4 is 14.9 Å². The molecule has 6 nitrogen and oxygen atoms in total. The van der Waals surface area contributed by atoms with Gasteiger partial charge in [0.15, 0.2) is 0 Å². The standard InChI is InChI=1S/C17H23N3O3S/c21-17(18-13-14-5-2-1-3-6-14)19-15-7-9-16(10-8-15)20-11-4-12-24(20,22)23/h1-2,7-10,14H,3-6,11-13H2,(H2,18,19,21)/t14-/m1/s1. The predicted molar refractivity (Wildman–Crippen MR) is 95.7 cm³/mol. The molecule has 1 saturated heterocycles. The smallest absolute Gasteiger partial charge is 0.319 e. The second kappa shape index (κ2) is 7.25. The number of rotatable bonds is 4. The molecule has 3 rings (SSSR count). The number of hydrogen-bond acceptors (Lipinski definition) is 3. The summed E-state index contributed by atoms with van der Waals surface area (Å²) in [6, 6.07) is 6.68. The molecule has 0 saturated carbocycles. The summed E-state index contributed by atoms with van der Waals surface area (Å²) >= 11 is 0. The van der Waals surface area contributed by atoms with Crippen LogP contribution in [-0.2, 0) is 10.0 Å². The number of carbonyl (C=O) groups is 1. The number of sulfonamides is 1. The summed E-state index contributed by atoms with van der Waals surface area (Å²) in [7, 11) is -3.17. The predicted octanol–water partition coefficient (Wildman–Crippen LogP) is 2.70. The van der Waals surface area contributed by atoms with Crippen molar-refractivity contribution >= 4 is 27.4 Å². The molecule has 1 aromatic carbocycles.